The standard InChI is InChI=1S/C17H14FN3O4/c1-19-15-10-13(21(24)25)6-7-14(15)16(22)20(17(19)23)9-8-11-2-4-12(18)5-3-11/h2-7,10H,8-9H2,1H3. The Kier molecular flexibility index (Phi) is 4.18. The van der Waals surface area contributed by atoms with Gasteiger partial charge in [0, 0.05) is 25.7 Å². The molecule has 0 bridgehead atoms. The number of non-ortho nitro benzene ring substituents is 1. The van der Waals surface area contributed by atoms with Crippen LogP contribution >= 0.6 is 0 Å². The summed E-state index contributed by atoms with van der Waals surface area (Å²) in [4.78, 5) is 35.3. The van der Waals surface area contributed by atoms with Crippen molar-refractivity contribution in [3.8, 4) is 0 Å². The zero-order chi connectivity index (χ0) is 18.1. The van der Waals surface area contributed by atoms with E-state index in [0.29, 0.717) is 6.42 Å². The molecule has 0 aliphatic rings. The lowest BCUT2D eigenvalue weighted by Gasteiger charge is -2.10. The maximum Gasteiger partial charge on any atom is 0.331 e. The van der Waals surface area contributed by atoms with Gasteiger partial charge >= 0.3 is 5.69 Å². The number of aromatic nitrogens is 2. The third kappa shape index (κ3) is 3.06. The molecule has 0 amide bonds. The Morgan fingerprint density at radius 2 is 1.80 bits per heavy atom. The van der Waals surface area contributed by atoms with E-state index in [2.05, 4.69) is 0 Å². The minimum absolute atomic E-state index is 0.129. The van der Waals surface area contributed by atoms with Crippen LogP contribution in [0.15, 0.2) is 52.1 Å². The molecule has 3 rings (SSSR count). The number of nitrogens with zero attached hydrogens (tertiary/aromatic N) is 3. The van der Waals surface area contributed by atoms with Gasteiger partial charge in [0.15, 0.2) is 0 Å². The molecule has 0 saturated carbocycles. The second kappa shape index (κ2) is 6.31. The summed E-state index contributed by atoms with van der Waals surface area (Å²) in [6.07, 6.45) is 0.383. The Hall–Kier alpha value is -3.29. The van der Waals surface area contributed by atoms with Crippen LogP contribution in [-0.4, -0.2) is 14.1 Å². The van der Waals surface area contributed by atoms with E-state index < -0.39 is 16.2 Å². The third-order valence-electron chi connectivity index (χ3n) is 4.08. The summed E-state index contributed by atoms with van der Waals surface area (Å²) in [6.45, 7) is 0.129. The highest BCUT2D eigenvalue weighted by Crippen LogP contribution is 2.17. The van der Waals surface area contributed by atoms with Crippen molar-refractivity contribution in [3.63, 3.8) is 0 Å². The van der Waals surface area contributed by atoms with Crippen molar-refractivity contribution in [2.75, 3.05) is 0 Å². The van der Waals surface area contributed by atoms with Crippen molar-refractivity contribution in [3.05, 3.63) is 84.8 Å². The molecule has 7 nitrogen and oxygen atoms in total. The molecule has 0 saturated heterocycles. The number of benzene rings is 2. The van der Waals surface area contributed by atoms with Crippen LogP contribution in [0.4, 0.5) is 10.1 Å². The smallest absolute Gasteiger partial charge is 0.296 e. The molecule has 1 heterocycles. The van der Waals surface area contributed by atoms with Crippen LogP contribution in [0.3, 0.4) is 0 Å². The first-order chi connectivity index (χ1) is 11.9. The predicted molar refractivity (Wildman–Crippen MR) is 90.2 cm³/mol. The average Bonchev–Trinajstić information content (AvgIpc) is 2.60. The Morgan fingerprint density at radius 3 is 2.44 bits per heavy atom. The number of hydrogen-bond acceptors (Lipinski definition) is 4. The van der Waals surface area contributed by atoms with E-state index in [4.69, 9.17) is 0 Å². The second-order valence-electron chi connectivity index (χ2n) is 5.63. The molecule has 0 aliphatic carbocycles. The maximum absolute atomic E-state index is 12.9. The van der Waals surface area contributed by atoms with Crippen molar-refractivity contribution in [1.29, 1.82) is 0 Å². The van der Waals surface area contributed by atoms with Crippen molar-refractivity contribution in [2.45, 2.75) is 13.0 Å². The number of fused-ring (bicyclic) bond motifs is 1. The number of nitro groups is 1. The van der Waals surface area contributed by atoms with Gasteiger partial charge in [0.1, 0.15) is 5.82 Å². The molecular weight excluding hydrogens is 329 g/mol. The molecular formula is C17H14FN3O4. The lowest BCUT2D eigenvalue weighted by molar-refractivity contribution is -0.384. The number of halogens is 1. The predicted octanol–water partition coefficient (Wildman–Crippen LogP) is 1.99. The first-order valence-corrected chi connectivity index (χ1v) is 7.51. The van der Waals surface area contributed by atoms with E-state index in [1.54, 1.807) is 12.1 Å². The summed E-state index contributed by atoms with van der Waals surface area (Å²) >= 11 is 0. The van der Waals surface area contributed by atoms with Crippen molar-refractivity contribution in [1.82, 2.24) is 9.13 Å². The number of nitro benzene ring substituents is 1. The van der Waals surface area contributed by atoms with Gasteiger partial charge in [-0.2, -0.15) is 0 Å². The highest BCUT2D eigenvalue weighted by molar-refractivity contribution is 5.80. The Balaban J connectivity index is 2.05. The van der Waals surface area contributed by atoms with Crippen molar-refractivity contribution >= 4 is 16.6 Å². The van der Waals surface area contributed by atoms with Gasteiger partial charge < -0.3 is 0 Å². The molecule has 128 valence electrons. The number of hydrogen-bond donors (Lipinski definition) is 0. The van der Waals surface area contributed by atoms with Gasteiger partial charge in [0.25, 0.3) is 11.2 Å². The SMILES string of the molecule is Cn1c(=O)n(CCc2ccc(F)cc2)c(=O)c2ccc([N+](=O)[O-])cc21. The molecule has 2 aromatic carbocycles. The van der Waals surface area contributed by atoms with Crippen molar-refractivity contribution < 1.29 is 9.31 Å². The molecule has 0 atom stereocenters. The van der Waals surface area contributed by atoms with Crippen LogP contribution in [0, 0.1) is 15.9 Å². The van der Waals surface area contributed by atoms with Crippen LogP contribution < -0.4 is 11.2 Å². The lowest BCUT2D eigenvalue weighted by atomic mass is 10.1. The van der Waals surface area contributed by atoms with E-state index in [9.17, 15) is 24.1 Å². The molecule has 0 aliphatic heterocycles. The monoisotopic (exact) mass is 343 g/mol. The summed E-state index contributed by atoms with van der Waals surface area (Å²) in [5.74, 6) is -0.357. The average molecular weight is 343 g/mol. The van der Waals surface area contributed by atoms with Gasteiger partial charge in [-0.15, -0.1) is 0 Å². The fourth-order valence-corrected chi connectivity index (χ4v) is 2.70. The largest absolute Gasteiger partial charge is 0.331 e. The van der Waals surface area contributed by atoms with E-state index >= 15 is 0 Å². The molecule has 8 heteroatoms. The Bertz CT molecular complexity index is 1080. The van der Waals surface area contributed by atoms with Crippen LogP contribution in [0.5, 0.6) is 0 Å². The molecule has 0 spiro atoms. The highest BCUT2D eigenvalue weighted by Gasteiger charge is 2.14. The first kappa shape index (κ1) is 16.6. The van der Waals surface area contributed by atoms with Crippen LogP contribution in [-0.2, 0) is 20.0 Å². The zero-order valence-corrected chi connectivity index (χ0v) is 13.3. The zero-order valence-electron chi connectivity index (χ0n) is 13.3. The summed E-state index contributed by atoms with van der Waals surface area (Å²) in [5, 5.41) is 11.1. The molecule has 25 heavy (non-hydrogen) atoms. The van der Waals surface area contributed by atoms with Crippen LogP contribution in [0.25, 0.3) is 10.9 Å². The molecule has 0 fully saturated rings. The molecule has 0 N–H and O–H groups in total. The van der Waals surface area contributed by atoms with Crippen LogP contribution in [0.2, 0.25) is 0 Å². The van der Waals surface area contributed by atoms with E-state index in [0.717, 1.165) is 10.1 Å². The van der Waals surface area contributed by atoms with Gasteiger partial charge in [-0.25, -0.2) is 9.18 Å². The third-order valence-corrected chi connectivity index (χ3v) is 4.08. The van der Waals surface area contributed by atoms with Crippen molar-refractivity contribution in [2.24, 2.45) is 7.05 Å². The summed E-state index contributed by atoms with van der Waals surface area (Å²) in [5.41, 5.74) is -0.248. The van der Waals surface area contributed by atoms with Gasteiger partial charge in [-0.1, -0.05) is 12.1 Å². The molecule has 1 aromatic heterocycles. The maximum atomic E-state index is 12.9. The molecule has 3 aromatic rings. The van der Waals surface area contributed by atoms with Gasteiger partial charge in [0.2, 0.25) is 0 Å². The second-order valence-corrected chi connectivity index (χ2v) is 5.63. The minimum atomic E-state index is -0.579. The quantitative estimate of drug-likeness (QED) is 0.535. The summed E-state index contributed by atoms with van der Waals surface area (Å²) in [7, 11) is 1.46. The Morgan fingerprint density at radius 1 is 1.12 bits per heavy atom. The lowest BCUT2D eigenvalue weighted by Crippen LogP contribution is -2.39. The highest BCUT2D eigenvalue weighted by atomic mass is 19.1. The molecule has 0 radical (unpaired) electrons. The molecule has 0 unspecified atom stereocenters. The normalized spacial score (nSPS) is 11.0. The first-order valence-electron chi connectivity index (χ1n) is 7.51. The summed E-state index contributed by atoms with van der Waals surface area (Å²) < 4.78 is 15.2. The van der Waals surface area contributed by atoms with E-state index in [-0.39, 0.29) is 29.0 Å². The minimum Gasteiger partial charge on any atom is -0.296 e. The fraction of sp³-hybridized carbons (Fsp3) is 0.176. The fourth-order valence-electron chi connectivity index (χ4n) is 2.70. The van der Waals surface area contributed by atoms with E-state index in [1.807, 2.05) is 0 Å². The number of aryl methyl sites for hydroxylation is 2. The topological polar surface area (TPSA) is 87.1 Å². The van der Waals surface area contributed by atoms with Crippen LogP contribution in [0.1, 0.15) is 5.56 Å². The van der Waals surface area contributed by atoms with Gasteiger partial charge in [0.05, 0.1) is 15.8 Å². The Labute approximate surface area is 140 Å². The van der Waals surface area contributed by atoms with Gasteiger partial charge in [-0.3, -0.25) is 24.0 Å². The summed E-state index contributed by atoms with van der Waals surface area (Å²) in [6, 6.07) is 9.61. The number of rotatable bonds is 4. The van der Waals surface area contributed by atoms with Gasteiger partial charge in [-0.05, 0) is 30.2 Å². The van der Waals surface area contributed by atoms with E-state index in [1.165, 1.54) is 41.9 Å².